The molecular formula is C11H22N2O2. The lowest BCUT2D eigenvalue weighted by molar-refractivity contribution is -0.121. The average molecular weight is 214 g/mol. The molecule has 88 valence electrons. The Morgan fingerprint density at radius 3 is 2.47 bits per heavy atom. The summed E-state index contributed by atoms with van der Waals surface area (Å²) < 4.78 is 0. The fourth-order valence-corrected chi connectivity index (χ4v) is 1.27. The van der Waals surface area contributed by atoms with Crippen LogP contribution in [0.2, 0.25) is 0 Å². The van der Waals surface area contributed by atoms with Crippen molar-refractivity contribution >= 4 is 11.6 Å². The van der Waals surface area contributed by atoms with Crippen molar-refractivity contribution in [1.82, 2.24) is 10.2 Å². The summed E-state index contributed by atoms with van der Waals surface area (Å²) in [6, 6.07) is 0. The van der Waals surface area contributed by atoms with Crippen LogP contribution in [0.4, 0.5) is 0 Å². The lowest BCUT2D eigenvalue weighted by Gasteiger charge is -2.14. The SMILES string of the molecule is CNCCCC(=O)CN(C)CCC(C)=O. The molecule has 15 heavy (non-hydrogen) atoms. The van der Waals surface area contributed by atoms with Crippen LogP contribution in [0, 0.1) is 0 Å². The Morgan fingerprint density at radius 2 is 1.93 bits per heavy atom. The number of nitrogens with one attached hydrogen (secondary N) is 1. The van der Waals surface area contributed by atoms with Gasteiger partial charge in [0.1, 0.15) is 11.6 Å². The predicted octanol–water partition coefficient (Wildman–Crippen LogP) is 0.466. The second kappa shape index (κ2) is 8.56. The van der Waals surface area contributed by atoms with Crippen LogP contribution >= 0.6 is 0 Å². The van der Waals surface area contributed by atoms with Crippen LogP contribution in [0.1, 0.15) is 26.2 Å². The zero-order valence-electron chi connectivity index (χ0n) is 10.0. The monoisotopic (exact) mass is 214 g/mol. The molecule has 1 N–H and O–H groups in total. The zero-order valence-corrected chi connectivity index (χ0v) is 10.0. The topological polar surface area (TPSA) is 49.4 Å². The highest BCUT2D eigenvalue weighted by molar-refractivity contribution is 5.80. The van der Waals surface area contributed by atoms with Crippen LogP contribution in [0.3, 0.4) is 0 Å². The molecule has 4 heteroatoms. The fraction of sp³-hybridized carbons (Fsp3) is 0.818. The average Bonchev–Trinajstić information content (AvgIpc) is 2.15. The first kappa shape index (κ1) is 14.3. The molecule has 0 aliphatic rings. The van der Waals surface area contributed by atoms with E-state index in [0.717, 1.165) is 13.0 Å². The van der Waals surface area contributed by atoms with E-state index >= 15 is 0 Å². The van der Waals surface area contributed by atoms with Crippen molar-refractivity contribution in [3.8, 4) is 0 Å². The largest absolute Gasteiger partial charge is 0.320 e. The second-order valence-electron chi connectivity index (χ2n) is 3.94. The Bertz CT molecular complexity index is 205. The van der Waals surface area contributed by atoms with Crippen molar-refractivity contribution in [1.29, 1.82) is 0 Å². The van der Waals surface area contributed by atoms with Gasteiger partial charge in [-0.3, -0.25) is 14.5 Å². The van der Waals surface area contributed by atoms with Gasteiger partial charge >= 0.3 is 0 Å². The molecule has 0 amide bonds. The summed E-state index contributed by atoms with van der Waals surface area (Å²) in [6.45, 7) is 3.58. The first-order chi connectivity index (χ1) is 7.06. The van der Waals surface area contributed by atoms with E-state index < -0.39 is 0 Å². The number of likely N-dealkylation sites (N-methyl/N-ethyl adjacent to an activating group) is 1. The Hall–Kier alpha value is -0.740. The molecule has 0 heterocycles. The van der Waals surface area contributed by atoms with E-state index in [2.05, 4.69) is 5.32 Å². The Balaban J connectivity index is 3.53. The van der Waals surface area contributed by atoms with E-state index in [0.29, 0.717) is 25.9 Å². The number of Topliss-reactive ketones (excluding diaryl/α,β-unsaturated/α-hetero) is 2. The highest BCUT2D eigenvalue weighted by Crippen LogP contribution is 1.94. The molecule has 0 spiro atoms. The number of carbonyl (C=O) groups excluding carboxylic acids is 2. The van der Waals surface area contributed by atoms with Gasteiger partial charge < -0.3 is 5.32 Å². The fourth-order valence-electron chi connectivity index (χ4n) is 1.27. The number of rotatable bonds is 9. The summed E-state index contributed by atoms with van der Waals surface area (Å²) >= 11 is 0. The van der Waals surface area contributed by atoms with Crippen molar-refractivity contribution in [3.63, 3.8) is 0 Å². The normalized spacial score (nSPS) is 10.7. The van der Waals surface area contributed by atoms with Gasteiger partial charge in [-0.1, -0.05) is 0 Å². The van der Waals surface area contributed by atoms with E-state index in [1.54, 1.807) is 6.92 Å². The zero-order chi connectivity index (χ0) is 11.7. The Labute approximate surface area is 92.0 Å². The third-order valence-electron chi connectivity index (χ3n) is 2.17. The van der Waals surface area contributed by atoms with Crippen LogP contribution in [-0.4, -0.2) is 50.2 Å². The van der Waals surface area contributed by atoms with Gasteiger partial charge in [-0.25, -0.2) is 0 Å². The number of hydrogen-bond acceptors (Lipinski definition) is 4. The minimum atomic E-state index is 0.171. The molecule has 0 aromatic rings. The van der Waals surface area contributed by atoms with Gasteiger partial charge in [-0.15, -0.1) is 0 Å². The maximum absolute atomic E-state index is 11.4. The quantitative estimate of drug-likeness (QED) is 0.567. The molecule has 4 nitrogen and oxygen atoms in total. The predicted molar refractivity (Wildman–Crippen MR) is 61.0 cm³/mol. The summed E-state index contributed by atoms with van der Waals surface area (Å²) in [5.41, 5.74) is 0. The highest BCUT2D eigenvalue weighted by Gasteiger charge is 2.06. The number of hydrogen-bond donors (Lipinski definition) is 1. The molecule has 0 aliphatic heterocycles. The van der Waals surface area contributed by atoms with Gasteiger partial charge in [0.15, 0.2) is 0 Å². The van der Waals surface area contributed by atoms with Crippen LogP contribution < -0.4 is 5.32 Å². The van der Waals surface area contributed by atoms with Crippen molar-refractivity contribution in [2.75, 3.05) is 33.7 Å². The van der Waals surface area contributed by atoms with Crippen LogP contribution in [0.5, 0.6) is 0 Å². The van der Waals surface area contributed by atoms with E-state index in [4.69, 9.17) is 0 Å². The maximum atomic E-state index is 11.4. The van der Waals surface area contributed by atoms with Gasteiger partial charge in [-0.05, 0) is 34.0 Å². The first-order valence-corrected chi connectivity index (χ1v) is 5.40. The van der Waals surface area contributed by atoms with Crippen molar-refractivity contribution < 1.29 is 9.59 Å². The van der Waals surface area contributed by atoms with Gasteiger partial charge in [-0.2, -0.15) is 0 Å². The van der Waals surface area contributed by atoms with Gasteiger partial charge in [0.25, 0.3) is 0 Å². The van der Waals surface area contributed by atoms with E-state index in [1.807, 2.05) is 19.0 Å². The summed E-state index contributed by atoms with van der Waals surface area (Å²) in [5.74, 6) is 0.417. The van der Waals surface area contributed by atoms with Gasteiger partial charge in [0.2, 0.25) is 0 Å². The lowest BCUT2D eigenvalue weighted by atomic mass is 10.2. The minimum Gasteiger partial charge on any atom is -0.320 e. The summed E-state index contributed by atoms with van der Waals surface area (Å²) in [4.78, 5) is 24.0. The van der Waals surface area contributed by atoms with E-state index in [9.17, 15) is 9.59 Å². The van der Waals surface area contributed by atoms with E-state index in [-0.39, 0.29) is 11.6 Å². The van der Waals surface area contributed by atoms with Crippen molar-refractivity contribution in [3.05, 3.63) is 0 Å². The lowest BCUT2D eigenvalue weighted by Crippen LogP contribution is -2.28. The molecule has 0 unspecified atom stereocenters. The van der Waals surface area contributed by atoms with Crippen molar-refractivity contribution in [2.24, 2.45) is 0 Å². The standard InChI is InChI=1S/C11H22N2O2/c1-10(14)6-8-13(3)9-11(15)5-4-7-12-2/h12H,4-9H2,1-3H3. The molecule has 0 bridgehead atoms. The number of nitrogens with zero attached hydrogens (tertiary/aromatic N) is 1. The van der Waals surface area contributed by atoms with Crippen LogP contribution in [0.15, 0.2) is 0 Å². The summed E-state index contributed by atoms with van der Waals surface area (Å²) in [7, 11) is 3.75. The molecule has 0 radical (unpaired) electrons. The third kappa shape index (κ3) is 9.56. The molecule has 0 saturated heterocycles. The minimum absolute atomic E-state index is 0.171. The second-order valence-corrected chi connectivity index (χ2v) is 3.94. The van der Waals surface area contributed by atoms with Gasteiger partial charge in [0, 0.05) is 19.4 Å². The van der Waals surface area contributed by atoms with Crippen LogP contribution in [-0.2, 0) is 9.59 Å². The number of ketones is 2. The van der Waals surface area contributed by atoms with Gasteiger partial charge in [0.05, 0.1) is 6.54 Å². The number of carbonyl (C=O) groups is 2. The Morgan fingerprint density at radius 1 is 1.27 bits per heavy atom. The molecule has 0 aliphatic carbocycles. The van der Waals surface area contributed by atoms with Crippen LogP contribution in [0.25, 0.3) is 0 Å². The molecule has 0 fully saturated rings. The smallest absolute Gasteiger partial charge is 0.146 e. The molecule has 0 atom stereocenters. The third-order valence-corrected chi connectivity index (χ3v) is 2.17. The molecular weight excluding hydrogens is 192 g/mol. The highest BCUT2D eigenvalue weighted by atomic mass is 16.1. The summed E-state index contributed by atoms with van der Waals surface area (Å²) in [5, 5.41) is 3.01. The molecule has 0 saturated carbocycles. The summed E-state index contributed by atoms with van der Waals surface area (Å²) in [6.07, 6.45) is 2.03. The first-order valence-electron chi connectivity index (χ1n) is 5.40. The maximum Gasteiger partial charge on any atom is 0.146 e. The Kier molecular flexibility index (Phi) is 8.14. The van der Waals surface area contributed by atoms with E-state index in [1.165, 1.54) is 0 Å². The molecule has 0 rings (SSSR count). The molecule has 0 aromatic carbocycles. The molecule has 0 aromatic heterocycles. The van der Waals surface area contributed by atoms with Crippen molar-refractivity contribution in [2.45, 2.75) is 26.2 Å².